The molecule has 3 nitrogen and oxygen atoms in total. The van der Waals surface area contributed by atoms with Crippen LogP contribution >= 0.6 is 0 Å². The lowest BCUT2D eigenvalue weighted by Crippen LogP contribution is -2.21. The molecule has 3 heteroatoms. The predicted molar refractivity (Wildman–Crippen MR) is 54.8 cm³/mol. The summed E-state index contributed by atoms with van der Waals surface area (Å²) in [5, 5.41) is 3.22. The molecule has 1 heterocycles. The molecule has 74 valence electrons. The number of aryl methyl sites for hydroxylation is 1. The molecule has 1 atom stereocenters. The van der Waals surface area contributed by atoms with Crippen molar-refractivity contribution in [3.05, 3.63) is 17.9 Å². The number of hydrogen-bond acceptors (Lipinski definition) is 3. The third-order valence-electron chi connectivity index (χ3n) is 2.22. The van der Waals surface area contributed by atoms with Gasteiger partial charge in [0.15, 0.2) is 5.88 Å². The van der Waals surface area contributed by atoms with Crippen molar-refractivity contribution in [2.24, 2.45) is 11.7 Å². The topological polar surface area (TPSA) is 51.2 Å². The summed E-state index contributed by atoms with van der Waals surface area (Å²) in [7, 11) is 0. The summed E-state index contributed by atoms with van der Waals surface area (Å²) in [6.07, 6.45) is 1.10. The zero-order valence-corrected chi connectivity index (χ0v) is 8.34. The van der Waals surface area contributed by atoms with Gasteiger partial charge in [-0.2, -0.15) is 0 Å². The monoisotopic (exact) mass is 182 g/mol. The van der Waals surface area contributed by atoms with Crippen LogP contribution in [-0.4, -0.2) is 13.1 Å². The second-order valence-corrected chi connectivity index (χ2v) is 3.30. The van der Waals surface area contributed by atoms with Crippen LogP contribution in [0.5, 0.6) is 0 Å². The summed E-state index contributed by atoms with van der Waals surface area (Å²) in [5.41, 5.74) is 5.58. The van der Waals surface area contributed by atoms with Gasteiger partial charge in [0.05, 0.1) is 0 Å². The Hall–Kier alpha value is -0.960. The summed E-state index contributed by atoms with van der Waals surface area (Å²) >= 11 is 0. The standard InChI is InChI=1S/C10H18N2O/c1-3-9(6-11)7-12-10-5-4-8(2)13-10/h4-5,9,12H,3,6-7,11H2,1-2H3. The van der Waals surface area contributed by atoms with Crippen molar-refractivity contribution in [1.82, 2.24) is 0 Å². The molecule has 0 aliphatic heterocycles. The molecule has 0 saturated heterocycles. The molecule has 0 saturated carbocycles. The summed E-state index contributed by atoms with van der Waals surface area (Å²) in [6.45, 7) is 5.70. The molecule has 0 amide bonds. The van der Waals surface area contributed by atoms with Crippen molar-refractivity contribution in [3.8, 4) is 0 Å². The van der Waals surface area contributed by atoms with Crippen molar-refractivity contribution in [2.45, 2.75) is 20.3 Å². The fourth-order valence-electron chi connectivity index (χ4n) is 1.17. The minimum absolute atomic E-state index is 0.533. The van der Waals surface area contributed by atoms with E-state index in [1.807, 2.05) is 19.1 Å². The van der Waals surface area contributed by atoms with Gasteiger partial charge in [-0.3, -0.25) is 0 Å². The molecule has 0 radical (unpaired) electrons. The molecular formula is C10H18N2O. The van der Waals surface area contributed by atoms with Gasteiger partial charge < -0.3 is 15.5 Å². The van der Waals surface area contributed by atoms with E-state index < -0.39 is 0 Å². The highest BCUT2D eigenvalue weighted by Gasteiger charge is 2.04. The van der Waals surface area contributed by atoms with Crippen LogP contribution in [0.3, 0.4) is 0 Å². The molecule has 1 aromatic rings. The minimum atomic E-state index is 0.533. The first-order valence-electron chi connectivity index (χ1n) is 4.76. The Labute approximate surface area is 79.3 Å². The molecule has 1 unspecified atom stereocenters. The van der Waals surface area contributed by atoms with Gasteiger partial charge in [0.25, 0.3) is 0 Å². The molecule has 1 aromatic heterocycles. The van der Waals surface area contributed by atoms with Gasteiger partial charge in [-0.05, 0) is 25.5 Å². The van der Waals surface area contributed by atoms with E-state index in [4.69, 9.17) is 10.2 Å². The molecule has 3 N–H and O–H groups in total. The fourth-order valence-corrected chi connectivity index (χ4v) is 1.17. The maximum absolute atomic E-state index is 5.58. The Morgan fingerprint density at radius 3 is 2.77 bits per heavy atom. The summed E-state index contributed by atoms with van der Waals surface area (Å²) < 4.78 is 5.37. The zero-order valence-electron chi connectivity index (χ0n) is 8.34. The lowest BCUT2D eigenvalue weighted by Gasteiger charge is -2.11. The van der Waals surface area contributed by atoms with E-state index in [2.05, 4.69) is 12.2 Å². The first-order chi connectivity index (χ1) is 6.26. The normalized spacial score (nSPS) is 12.8. The molecule has 0 spiro atoms. The number of rotatable bonds is 5. The van der Waals surface area contributed by atoms with E-state index in [0.717, 1.165) is 31.2 Å². The summed E-state index contributed by atoms with van der Waals surface area (Å²) in [5.74, 6) is 2.30. The highest BCUT2D eigenvalue weighted by Crippen LogP contribution is 2.12. The maximum atomic E-state index is 5.58. The second kappa shape index (κ2) is 4.92. The molecule has 1 rings (SSSR count). The minimum Gasteiger partial charge on any atom is -0.446 e. The quantitative estimate of drug-likeness (QED) is 0.732. The van der Waals surface area contributed by atoms with Crippen LogP contribution in [0.25, 0.3) is 0 Å². The Kier molecular flexibility index (Phi) is 3.83. The largest absolute Gasteiger partial charge is 0.446 e. The lowest BCUT2D eigenvalue weighted by atomic mass is 10.1. The molecule has 0 bridgehead atoms. The van der Waals surface area contributed by atoms with Gasteiger partial charge in [0, 0.05) is 12.6 Å². The zero-order chi connectivity index (χ0) is 9.68. The molecule has 0 fully saturated rings. The van der Waals surface area contributed by atoms with E-state index in [1.54, 1.807) is 0 Å². The van der Waals surface area contributed by atoms with Crippen molar-refractivity contribution in [2.75, 3.05) is 18.4 Å². The van der Waals surface area contributed by atoms with Crippen LogP contribution in [0, 0.1) is 12.8 Å². The van der Waals surface area contributed by atoms with Crippen LogP contribution in [0.1, 0.15) is 19.1 Å². The number of anilines is 1. The smallest absolute Gasteiger partial charge is 0.193 e. The van der Waals surface area contributed by atoms with Crippen molar-refractivity contribution < 1.29 is 4.42 Å². The fraction of sp³-hybridized carbons (Fsp3) is 0.600. The second-order valence-electron chi connectivity index (χ2n) is 3.30. The van der Waals surface area contributed by atoms with Gasteiger partial charge in [0.2, 0.25) is 0 Å². The first kappa shape index (κ1) is 10.1. The van der Waals surface area contributed by atoms with Gasteiger partial charge in [-0.15, -0.1) is 0 Å². The molecule has 0 aliphatic carbocycles. The van der Waals surface area contributed by atoms with Crippen molar-refractivity contribution >= 4 is 5.88 Å². The lowest BCUT2D eigenvalue weighted by molar-refractivity contribution is 0.515. The van der Waals surface area contributed by atoms with Crippen LogP contribution in [0.2, 0.25) is 0 Å². The molecular weight excluding hydrogens is 164 g/mol. The van der Waals surface area contributed by atoms with Gasteiger partial charge in [-0.25, -0.2) is 0 Å². The third kappa shape index (κ3) is 3.11. The average Bonchev–Trinajstić information content (AvgIpc) is 2.53. The molecule has 13 heavy (non-hydrogen) atoms. The first-order valence-corrected chi connectivity index (χ1v) is 4.76. The van der Waals surface area contributed by atoms with Gasteiger partial charge in [0.1, 0.15) is 5.76 Å². The number of nitrogens with two attached hydrogens (primary N) is 1. The van der Waals surface area contributed by atoms with Crippen LogP contribution in [-0.2, 0) is 0 Å². The summed E-state index contributed by atoms with van der Waals surface area (Å²) in [4.78, 5) is 0. The highest BCUT2D eigenvalue weighted by atomic mass is 16.4. The Balaban J connectivity index is 2.33. The van der Waals surface area contributed by atoms with Crippen LogP contribution < -0.4 is 11.1 Å². The predicted octanol–water partition coefficient (Wildman–Crippen LogP) is 1.98. The number of nitrogens with one attached hydrogen (secondary N) is 1. The van der Waals surface area contributed by atoms with E-state index in [1.165, 1.54) is 0 Å². The van der Waals surface area contributed by atoms with E-state index in [-0.39, 0.29) is 0 Å². The Morgan fingerprint density at radius 1 is 1.54 bits per heavy atom. The maximum Gasteiger partial charge on any atom is 0.193 e. The van der Waals surface area contributed by atoms with Gasteiger partial charge >= 0.3 is 0 Å². The highest BCUT2D eigenvalue weighted by molar-refractivity contribution is 5.31. The van der Waals surface area contributed by atoms with E-state index in [0.29, 0.717) is 5.92 Å². The Morgan fingerprint density at radius 2 is 2.31 bits per heavy atom. The van der Waals surface area contributed by atoms with E-state index >= 15 is 0 Å². The van der Waals surface area contributed by atoms with Crippen LogP contribution in [0.4, 0.5) is 5.88 Å². The SMILES string of the molecule is CCC(CN)CNc1ccc(C)o1. The van der Waals surface area contributed by atoms with Crippen LogP contribution in [0.15, 0.2) is 16.5 Å². The third-order valence-corrected chi connectivity index (χ3v) is 2.22. The molecule has 0 aromatic carbocycles. The number of furan rings is 1. The van der Waals surface area contributed by atoms with E-state index in [9.17, 15) is 0 Å². The average molecular weight is 182 g/mol. The Bertz CT molecular complexity index is 241. The number of hydrogen-bond donors (Lipinski definition) is 2. The molecule has 0 aliphatic rings. The van der Waals surface area contributed by atoms with Gasteiger partial charge in [-0.1, -0.05) is 13.3 Å². The summed E-state index contributed by atoms with van der Waals surface area (Å²) in [6, 6.07) is 3.89. The van der Waals surface area contributed by atoms with Crippen molar-refractivity contribution in [1.29, 1.82) is 0 Å². The van der Waals surface area contributed by atoms with Crippen molar-refractivity contribution in [3.63, 3.8) is 0 Å².